The predicted molar refractivity (Wildman–Crippen MR) is 79.0 cm³/mol. The number of aliphatic hydroxyl groups is 1. The number of hydrogen-bond donors (Lipinski definition) is 1. The first-order chi connectivity index (χ1) is 8.58. The fourth-order valence-electron chi connectivity index (χ4n) is 1.51. The van der Waals surface area contributed by atoms with Crippen LogP contribution in [0.1, 0.15) is 18.6 Å². The fourth-order valence-corrected chi connectivity index (χ4v) is 2.35. The van der Waals surface area contributed by atoms with E-state index in [1.807, 2.05) is 42.5 Å². The lowest BCUT2D eigenvalue weighted by Gasteiger charge is -2.11. The highest BCUT2D eigenvalue weighted by atomic mass is 79.9. The third-order valence-electron chi connectivity index (χ3n) is 2.49. The third-order valence-corrected chi connectivity index (χ3v) is 3.77. The van der Waals surface area contributed by atoms with Crippen molar-refractivity contribution in [3.63, 3.8) is 0 Å². The Labute approximate surface area is 123 Å². The van der Waals surface area contributed by atoms with Crippen LogP contribution >= 0.6 is 31.9 Å². The van der Waals surface area contributed by atoms with E-state index in [4.69, 9.17) is 4.74 Å². The summed E-state index contributed by atoms with van der Waals surface area (Å²) >= 11 is 6.88. The smallest absolute Gasteiger partial charge is 0.141 e. The van der Waals surface area contributed by atoms with E-state index in [0.29, 0.717) is 5.75 Å². The Balaban J connectivity index is 2.28. The Bertz CT molecular complexity index is 553. The van der Waals surface area contributed by atoms with Gasteiger partial charge in [-0.3, -0.25) is 0 Å². The lowest BCUT2D eigenvalue weighted by Crippen LogP contribution is -1.92. The maximum Gasteiger partial charge on any atom is 0.141 e. The minimum atomic E-state index is -0.487. The molecule has 94 valence electrons. The van der Waals surface area contributed by atoms with Crippen molar-refractivity contribution in [1.29, 1.82) is 0 Å². The normalized spacial score (nSPS) is 12.2. The highest BCUT2D eigenvalue weighted by molar-refractivity contribution is 9.11. The second-order valence-corrected chi connectivity index (χ2v) is 5.61. The number of hydrogen-bond acceptors (Lipinski definition) is 2. The number of halogens is 2. The Hall–Kier alpha value is -0.840. The zero-order valence-corrected chi connectivity index (χ0v) is 12.9. The molecule has 0 aliphatic carbocycles. The van der Waals surface area contributed by atoms with Crippen LogP contribution in [0, 0.1) is 0 Å². The van der Waals surface area contributed by atoms with Crippen molar-refractivity contribution in [2.75, 3.05) is 0 Å². The molecule has 2 aromatic rings. The molecule has 0 amide bonds. The summed E-state index contributed by atoms with van der Waals surface area (Å²) in [5, 5.41) is 9.50. The average molecular weight is 372 g/mol. The van der Waals surface area contributed by atoms with E-state index < -0.39 is 6.10 Å². The first-order valence-electron chi connectivity index (χ1n) is 5.48. The molecule has 0 aliphatic heterocycles. The summed E-state index contributed by atoms with van der Waals surface area (Å²) in [6, 6.07) is 13.2. The fraction of sp³-hybridized carbons (Fsp3) is 0.143. The van der Waals surface area contributed by atoms with E-state index in [-0.39, 0.29) is 0 Å². The molecule has 0 saturated carbocycles. The van der Waals surface area contributed by atoms with Gasteiger partial charge in [-0.05, 0) is 68.6 Å². The zero-order chi connectivity index (χ0) is 13.1. The van der Waals surface area contributed by atoms with Gasteiger partial charge in [-0.15, -0.1) is 0 Å². The van der Waals surface area contributed by atoms with Gasteiger partial charge in [0.25, 0.3) is 0 Å². The van der Waals surface area contributed by atoms with Crippen LogP contribution < -0.4 is 4.74 Å². The molecule has 1 atom stereocenters. The van der Waals surface area contributed by atoms with Gasteiger partial charge >= 0.3 is 0 Å². The minimum absolute atomic E-state index is 0.487. The second kappa shape index (κ2) is 5.87. The van der Waals surface area contributed by atoms with Crippen LogP contribution in [0.2, 0.25) is 0 Å². The summed E-state index contributed by atoms with van der Waals surface area (Å²) in [7, 11) is 0. The van der Waals surface area contributed by atoms with Crippen molar-refractivity contribution < 1.29 is 9.84 Å². The molecular formula is C14H12Br2O2. The van der Waals surface area contributed by atoms with Gasteiger partial charge in [-0.2, -0.15) is 0 Å². The van der Waals surface area contributed by atoms with Gasteiger partial charge in [0, 0.05) is 0 Å². The summed E-state index contributed by atoms with van der Waals surface area (Å²) in [5.74, 6) is 1.47. The molecule has 2 nitrogen and oxygen atoms in total. The first-order valence-corrected chi connectivity index (χ1v) is 7.06. The standard InChI is InChI=1S/C14H12Br2O2/c1-9(17)10-6-7-14(12(16)8-10)18-13-5-3-2-4-11(13)15/h2-9,17H,1H3/t9-/m0/s1. The molecule has 4 heteroatoms. The van der Waals surface area contributed by atoms with E-state index in [1.54, 1.807) is 6.92 Å². The van der Waals surface area contributed by atoms with Gasteiger partial charge in [-0.1, -0.05) is 18.2 Å². The third kappa shape index (κ3) is 3.13. The van der Waals surface area contributed by atoms with Crippen LogP contribution in [0.5, 0.6) is 11.5 Å². The van der Waals surface area contributed by atoms with Gasteiger partial charge in [0.05, 0.1) is 15.0 Å². The van der Waals surface area contributed by atoms with Gasteiger partial charge in [-0.25, -0.2) is 0 Å². The SMILES string of the molecule is C[C@H](O)c1ccc(Oc2ccccc2Br)c(Br)c1. The van der Waals surface area contributed by atoms with Gasteiger partial charge in [0.1, 0.15) is 11.5 Å². The average Bonchev–Trinajstić information content (AvgIpc) is 2.34. The highest BCUT2D eigenvalue weighted by Gasteiger charge is 2.08. The Kier molecular flexibility index (Phi) is 4.43. The lowest BCUT2D eigenvalue weighted by atomic mass is 10.1. The molecule has 0 radical (unpaired) electrons. The predicted octanol–water partition coefficient (Wildman–Crippen LogP) is 5.06. The van der Waals surface area contributed by atoms with Crippen molar-refractivity contribution in [3.8, 4) is 11.5 Å². The van der Waals surface area contributed by atoms with Crippen molar-refractivity contribution in [2.24, 2.45) is 0 Å². The molecule has 0 spiro atoms. The molecule has 2 aromatic carbocycles. The van der Waals surface area contributed by atoms with Crippen molar-refractivity contribution in [2.45, 2.75) is 13.0 Å². The molecule has 0 fully saturated rings. The maximum absolute atomic E-state index is 9.50. The van der Waals surface area contributed by atoms with Crippen LogP contribution in [0.25, 0.3) is 0 Å². The molecule has 0 bridgehead atoms. The summed E-state index contributed by atoms with van der Waals surface area (Å²) in [5.41, 5.74) is 0.848. The number of benzene rings is 2. The molecule has 0 aromatic heterocycles. The lowest BCUT2D eigenvalue weighted by molar-refractivity contribution is 0.199. The van der Waals surface area contributed by atoms with E-state index in [9.17, 15) is 5.11 Å². The first kappa shape index (κ1) is 13.6. The molecule has 0 unspecified atom stereocenters. The van der Waals surface area contributed by atoms with Crippen LogP contribution in [0.15, 0.2) is 51.4 Å². The number of ether oxygens (including phenoxy) is 1. The van der Waals surface area contributed by atoms with Crippen LogP contribution in [-0.4, -0.2) is 5.11 Å². The van der Waals surface area contributed by atoms with Gasteiger partial charge < -0.3 is 9.84 Å². The van der Waals surface area contributed by atoms with Gasteiger partial charge in [0.15, 0.2) is 0 Å². The summed E-state index contributed by atoms with van der Waals surface area (Å²) < 4.78 is 7.52. The molecule has 0 heterocycles. The second-order valence-electron chi connectivity index (χ2n) is 3.90. The Morgan fingerprint density at radius 2 is 1.67 bits per heavy atom. The largest absolute Gasteiger partial charge is 0.455 e. The monoisotopic (exact) mass is 370 g/mol. The molecule has 0 aliphatic rings. The topological polar surface area (TPSA) is 29.5 Å². The van der Waals surface area contributed by atoms with Crippen molar-refractivity contribution >= 4 is 31.9 Å². The minimum Gasteiger partial charge on any atom is -0.455 e. The van der Waals surface area contributed by atoms with E-state index in [1.165, 1.54) is 0 Å². The number of aliphatic hydroxyl groups excluding tert-OH is 1. The zero-order valence-electron chi connectivity index (χ0n) is 9.73. The van der Waals surface area contributed by atoms with E-state index >= 15 is 0 Å². The summed E-state index contributed by atoms with van der Waals surface area (Å²) in [4.78, 5) is 0. The van der Waals surface area contributed by atoms with Crippen molar-refractivity contribution in [1.82, 2.24) is 0 Å². The number of rotatable bonds is 3. The Morgan fingerprint density at radius 3 is 2.28 bits per heavy atom. The quantitative estimate of drug-likeness (QED) is 0.817. The van der Waals surface area contributed by atoms with E-state index in [2.05, 4.69) is 31.9 Å². The summed E-state index contributed by atoms with van der Waals surface area (Å²) in [6.45, 7) is 1.73. The van der Waals surface area contributed by atoms with Gasteiger partial charge in [0.2, 0.25) is 0 Å². The Morgan fingerprint density at radius 1 is 1.00 bits per heavy atom. The van der Waals surface area contributed by atoms with Crippen LogP contribution in [0.4, 0.5) is 0 Å². The molecule has 0 saturated heterocycles. The summed E-state index contributed by atoms with van der Waals surface area (Å²) in [6.07, 6.45) is -0.487. The molecule has 2 rings (SSSR count). The highest BCUT2D eigenvalue weighted by Crippen LogP contribution is 2.34. The maximum atomic E-state index is 9.50. The molecule has 18 heavy (non-hydrogen) atoms. The van der Waals surface area contributed by atoms with E-state index in [0.717, 1.165) is 20.3 Å². The molecular weight excluding hydrogens is 360 g/mol. The van der Waals surface area contributed by atoms with Crippen molar-refractivity contribution in [3.05, 3.63) is 57.0 Å². The molecule has 1 N–H and O–H groups in total. The number of para-hydroxylation sites is 1. The van der Waals surface area contributed by atoms with Crippen LogP contribution in [-0.2, 0) is 0 Å². The van der Waals surface area contributed by atoms with Crippen LogP contribution in [0.3, 0.4) is 0 Å².